The highest BCUT2D eigenvalue weighted by Gasteiger charge is 2.41. The first kappa shape index (κ1) is 14.3. The zero-order valence-electron chi connectivity index (χ0n) is 11.5. The van der Waals surface area contributed by atoms with Crippen LogP contribution < -0.4 is 11.1 Å². The van der Waals surface area contributed by atoms with Crippen molar-refractivity contribution >= 4 is 5.96 Å². The summed E-state index contributed by atoms with van der Waals surface area (Å²) in [6.07, 6.45) is 4.76. The molecule has 1 aliphatic carbocycles. The van der Waals surface area contributed by atoms with Crippen LogP contribution >= 0.6 is 0 Å². The van der Waals surface area contributed by atoms with Crippen molar-refractivity contribution in [3.8, 4) is 0 Å². The quantitative estimate of drug-likeness (QED) is 0.503. The Bertz CT molecular complexity index is 247. The molecule has 100 valence electrons. The molecular weight excluding hydrogens is 214 g/mol. The molecule has 0 aromatic heterocycles. The SMILES string of the molecule is COCCC1(CN=C(N)NCCC(C)C)CC1. The summed E-state index contributed by atoms with van der Waals surface area (Å²) in [5, 5.41) is 3.17. The lowest BCUT2D eigenvalue weighted by atomic mass is 10.0. The molecule has 0 saturated heterocycles. The van der Waals surface area contributed by atoms with E-state index in [9.17, 15) is 0 Å². The Labute approximate surface area is 105 Å². The smallest absolute Gasteiger partial charge is 0.188 e. The number of rotatable bonds is 8. The van der Waals surface area contributed by atoms with Crippen molar-refractivity contribution in [1.29, 1.82) is 0 Å². The molecule has 0 spiro atoms. The number of aliphatic imine (C=N–C) groups is 1. The van der Waals surface area contributed by atoms with Crippen LogP contribution in [0.3, 0.4) is 0 Å². The number of hydrogen-bond acceptors (Lipinski definition) is 2. The van der Waals surface area contributed by atoms with Crippen LogP contribution in [0.2, 0.25) is 0 Å². The van der Waals surface area contributed by atoms with Crippen molar-refractivity contribution in [3.63, 3.8) is 0 Å². The van der Waals surface area contributed by atoms with Gasteiger partial charge in [-0.2, -0.15) is 0 Å². The maximum Gasteiger partial charge on any atom is 0.188 e. The first-order valence-corrected chi connectivity index (χ1v) is 6.61. The topological polar surface area (TPSA) is 59.6 Å². The number of ether oxygens (including phenoxy) is 1. The van der Waals surface area contributed by atoms with Gasteiger partial charge in [-0.1, -0.05) is 13.8 Å². The lowest BCUT2D eigenvalue weighted by Gasteiger charge is -2.12. The molecule has 0 aliphatic heterocycles. The Hall–Kier alpha value is -0.770. The molecule has 17 heavy (non-hydrogen) atoms. The van der Waals surface area contributed by atoms with Crippen LogP contribution in [0.1, 0.15) is 39.5 Å². The molecule has 3 N–H and O–H groups in total. The van der Waals surface area contributed by atoms with Crippen LogP contribution in [-0.4, -0.2) is 32.8 Å². The van der Waals surface area contributed by atoms with Crippen molar-refractivity contribution in [1.82, 2.24) is 5.32 Å². The summed E-state index contributed by atoms with van der Waals surface area (Å²) >= 11 is 0. The summed E-state index contributed by atoms with van der Waals surface area (Å²) < 4.78 is 5.12. The molecule has 1 fully saturated rings. The molecule has 0 unspecified atom stereocenters. The summed E-state index contributed by atoms with van der Waals surface area (Å²) in [5.41, 5.74) is 6.22. The lowest BCUT2D eigenvalue weighted by Crippen LogP contribution is -2.33. The van der Waals surface area contributed by atoms with Gasteiger partial charge in [0.25, 0.3) is 0 Å². The Morgan fingerprint density at radius 3 is 2.71 bits per heavy atom. The summed E-state index contributed by atoms with van der Waals surface area (Å²) in [6, 6.07) is 0. The van der Waals surface area contributed by atoms with Gasteiger partial charge in [0, 0.05) is 26.8 Å². The molecule has 4 nitrogen and oxygen atoms in total. The minimum atomic E-state index is 0.389. The minimum Gasteiger partial charge on any atom is -0.385 e. The minimum absolute atomic E-state index is 0.389. The molecule has 0 radical (unpaired) electrons. The highest BCUT2D eigenvalue weighted by Crippen LogP contribution is 2.48. The van der Waals surface area contributed by atoms with Crippen LogP contribution in [0.25, 0.3) is 0 Å². The van der Waals surface area contributed by atoms with Crippen LogP contribution in [0.4, 0.5) is 0 Å². The number of nitrogens with one attached hydrogen (secondary N) is 1. The summed E-state index contributed by atoms with van der Waals surface area (Å²) in [4.78, 5) is 4.44. The first-order chi connectivity index (χ1) is 8.08. The van der Waals surface area contributed by atoms with E-state index in [4.69, 9.17) is 10.5 Å². The molecule has 1 rings (SSSR count). The van der Waals surface area contributed by atoms with Gasteiger partial charge in [-0.15, -0.1) is 0 Å². The van der Waals surface area contributed by atoms with Gasteiger partial charge in [0.2, 0.25) is 0 Å². The normalized spacial score (nSPS) is 18.5. The Morgan fingerprint density at radius 2 is 2.18 bits per heavy atom. The van der Waals surface area contributed by atoms with E-state index in [2.05, 4.69) is 24.2 Å². The molecule has 0 aromatic carbocycles. The third-order valence-electron chi connectivity index (χ3n) is 3.41. The van der Waals surface area contributed by atoms with Crippen LogP contribution in [-0.2, 0) is 4.74 Å². The van der Waals surface area contributed by atoms with Crippen molar-refractivity contribution in [2.75, 3.05) is 26.8 Å². The highest BCUT2D eigenvalue weighted by atomic mass is 16.5. The van der Waals surface area contributed by atoms with Gasteiger partial charge >= 0.3 is 0 Å². The van der Waals surface area contributed by atoms with Crippen molar-refractivity contribution in [2.24, 2.45) is 22.1 Å². The highest BCUT2D eigenvalue weighted by molar-refractivity contribution is 5.77. The second kappa shape index (κ2) is 6.84. The maximum absolute atomic E-state index is 5.83. The zero-order chi connectivity index (χ0) is 12.7. The fourth-order valence-corrected chi connectivity index (χ4v) is 1.78. The van der Waals surface area contributed by atoms with E-state index in [1.54, 1.807) is 7.11 Å². The van der Waals surface area contributed by atoms with E-state index >= 15 is 0 Å². The van der Waals surface area contributed by atoms with Crippen molar-refractivity contribution in [2.45, 2.75) is 39.5 Å². The average molecular weight is 241 g/mol. The van der Waals surface area contributed by atoms with Crippen LogP contribution in [0, 0.1) is 11.3 Å². The number of methoxy groups -OCH3 is 1. The summed E-state index contributed by atoms with van der Waals surface area (Å²) in [7, 11) is 1.75. The molecule has 1 saturated carbocycles. The van der Waals surface area contributed by atoms with Crippen LogP contribution in [0.5, 0.6) is 0 Å². The molecule has 0 aromatic rings. The largest absolute Gasteiger partial charge is 0.385 e. The van der Waals surface area contributed by atoms with E-state index in [0.717, 1.165) is 32.5 Å². The van der Waals surface area contributed by atoms with Gasteiger partial charge < -0.3 is 15.8 Å². The molecule has 1 aliphatic rings. The van der Waals surface area contributed by atoms with Crippen molar-refractivity contribution < 1.29 is 4.74 Å². The molecule has 0 amide bonds. The second-order valence-corrected chi connectivity index (χ2v) is 5.55. The molecule has 0 bridgehead atoms. The van der Waals surface area contributed by atoms with Gasteiger partial charge in [-0.05, 0) is 37.0 Å². The van der Waals surface area contributed by atoms with Gasteiger partial charge in [0.15, 0.2) is 5.96 Å². The maximum atomic E-state index is 5.83. The van der Waals surface area contributed by atoms with E-state index in [0.29, 0.717) is 17.3 Å². The van der Waals surface area contributed by atoms with E-state index < -0.39 is 0 Å². The third-order valence-corrected chi connectivity index (χ3v) is 3.41. The second-order valence-electron chi connectivity index (χ2n) is 5.55. The van der Waals surface area contributed by atoms with Crippen LogP contribution in [0.15, 0.2) is 4.99 Å². The molecular formula is C13H27N3O. The number of nitrogens with zero attached hydrogens (tertiary/aromatic N) is 1. The van der Waals surface area contributed by atoms with Crippen molar-refractivity contribution in [3.05, 3.63) is 0 Å². The Balaban J connectivity index is 2.18. The molecule has 4 heteroatoms. The van der Waals surface area contributed by atoms with Gasteiger partial charge in [0.05, 0.1) is 0 Å². The third kappa shape index (κ3) is 5.91. The monoisotopic (exact) mass is 241 g/mol. The number of nitrogens with two attached hydrogens (primary N) is 1. The molecule has 0 atom stereocenters. The number of hydrogen-bond donors (Lipinski definition) is 2. The average Bonchev–Trinajstić information content (AvgIpc) is 3.04. The fraction of sp³-hybridized carbons (Fsp3) is 0.923. The van der Waals surface area contributed by atoms with E-state index in [1.807, 2.05) is 0 Å². The number of guanidine groups is 1. The van der Waals surface area contributed by atoms with Gasteiger partial charge in [-0.25, -0.2) is 0 Å². The standard InChI is InChI=1S/C13H27N3O/c1-11(2)4-8-15-12(14)16-10-13(5-6-13)7-9-17-3/h11H,4-10H2,1-3H3,(H3,14,15,16). The first-order valence-electron chi connectivity index (χ1n) is 6.61. The predicted molar refractivity (Wildman–Crippen MR) is 72.1 cm³/mol. The van der Waals surface area contributed by atoms with E-state index in [-0.39, 0.29) is 0 Å². The fourth-order valence-electron chi connectivity index (χ4n) is 1.78. The Morgan fingerprint density at radius 1 is 1.47 bits per heavy atom. The molecule has 0 heterocycles. The van der Waals surface area contributed by atoms with E-state index in [1.165, 1.54) is 12.8 Å². The van der Waals surface area contributed by atoms with Gasteiger partial charge in [0.1, 0.15) is 0 Å². The zero-order valence-corrected chi connectivity index (χ0v) is 11.5. The van der Waals surface area contributed by atoms with Gasteiger partial charge in [-0.3, -0.25) is 4.99 Å². The Kier molecular flexibility index (Phi) is 5.75. The predicted octanol–water partition coefficient (Wildman–Crippen LogP) is 1.75. The summed E-state index contributed by atoms with van der Waals surface area (Å²) in [6.45, 7) is 7.00. The summed E-state index contributed by atoms with van der Waals surface area (Å²) in [5.74, 6) is 1.29. The lowest BCUT2D eigenvalue weighted by molar-refractivity contribution is 0.174.